The van der Waals surface area contributed by atoms with Gasteiger partial charge in [0.25, 0.3) is 0 Å². The van der Waals surface area contributed by atoms with Crippen molar-refractivity contribution < 1.29 is 4.79 Å². The zero-order chi connectivity index (χ0) is 14.1. The molecule has 2 saturated heterocycles. The maximum Gasteiger partial charge on any atom is 0.239 e. The summed E-state index contributed by atoms with van der Waals surface area (Å²) in [6.45, 7) is 1.87. The molecule has 0 aromatic rings. The van der Waals surface area contributed by atoms with Gasteiger partial charge >= 0.3 is 0 Å². The fourth-order valence-electron chi connectivity index (χ4n) is 4.31. The predicted octanol–water partition coefficient (Wildman–Crippen LogP) is 1.46. The Morgan fingerprint density at radius 2 is 1.95 bits per heavy atom. The number of piperidine rings is 1. The van der Waals surface area contributed by atoms with Crippen LogP contribution in [-0.2, 0) is 4.79 Å². The first-order chi connectivity index (χ1) is 9.65. The molecule has 4 nitrogen and oxygen atoms in total. The molecule has 4 atom stereocenters. The van der Waals surface area contributed by atoms with E-state index < -0.39 is 0 Å². The van der Waals surface area contributed by atoms with Gasteiger partial charge in [-0.15, -0.1) is 0 Å². The lowest BCUT2D eigenvalue weighted by molar-refractivity contribution is -0.135. The molecule has 20 heavy (non-hydrogen) atoms. The molecule has 3 aliphatic rings. The van der Waals surface area contributed by atoms with Crippen molar-refractivity contribution in [2.45, 2.75) is 63.1 Å². The van der Waals surface area contributed by atoms with Crippen molar-refractivity contribution in [3.8, 4) is 0 Å². The molecule has 0 radical (unpaired) electrons. The van der Waals surface area contributed by atoms with E-state index in [1.807, 2.05) is 0 Å². The highest BCUT2D eigenvalue weighted by molar-refractivity contribution is 5.82. The molecule has 4 heteroatoms. The topological polar surface area (TPSA) is 35.6 Å². The molecule has 1 amide bonds. The zero-order valence-corrected chi connectivity index (χ0v) is 13.0. The van der Waals surface area contributed by atoms with E-state index >= 15 is 0 Å². The van der Waals surface area contributed by atoms with Gasteiger partial charge in [-0.2, -0.15) is 0 Å². The van der Waals surface area contributed by atoms with Gasteiger partial charge in [-0.1, -0.05) is 12.8 Å². The molecule has 4 unspecified atom stereocenters. The van der Waals surface area contributed by atoms with Crippen LogP contribution in [0.3, 0.4) is 0 Å². The first-order valence-electron chi connectivity index (χ1n) is 8.36. The Hall–Kier alpha value is -0.610. The predicted molar refractivity (Wildman–Crippen MR) is 80.6 cm³/mol. The minimum Gasteiger partial charge on any atom is -0.340 e. The van der Waals surface area contributed by atoms with Crippen LogP contribution in [0.5, 0.6) is 0 Å². The van der Waals surface area contributed by atoms with E-state index in [1.54, 1.807) is 0 Å². The van der Waals surface area contributed by atoms with Crippen LogP contribution < -0.4 is 5.32 Å². The van der Waals surface area contributed by atoms with Gasteiger partial charge in [0.1, 0.15) is 0 Å². The van der Waals surface area contributed by atoms with Gasteiger partial charge in [0.2, 0.25) is 5.91 Å². The fourth-order valence-corrected chi connectivity index (χ4v) is 4.31. The Bertz CT molecular complexity index is 340. The van der Waals surface area contributed by atoms with Gasteiger partial charge in [-0.05, 0) is 52.1 Å². The van der Waals surface area contributed by atoms with Gasteiger partial charge in [-0.3, -0.25) is 4.79 Å². The average Bonchev–Trinajstić information content (AvgIpc) is 2.90. The van der Waals surface area contributed by atoms with Crippen molar-refractivity contribution in [3.05, 3.63) is 0 Å². The minimum absolute atomic E-state index is 0.101. The molecule has 114 valence electrons. The minimum atomic E-state index is 0.101. The molecule has 0 spiro atoms. The quantitative estimate of drug-likeness (QED) is 0.831. The van der Waals surface area contributed by atoms with Crippen LogP contribution in [0.25, 0.3) is 0 Å². The van der Waals surface area contributed by atoms with Gasteiger partial charge in [0.15, 0.2) is 0 Å². The first-order valence-corrected chi connectivity index (χ1v) is 8.36. The van der Waals surface area contributed by atoms with E-state index in [0.29, 0.717) is 18.0 Å². The van der Waals surface area contributed by atoms with E-state index in [-0.39, 0.29) is 6.04 Å². The fraction of sp³-hybridized carbons (Fsp3) is 0.938. The largest absolute Gasteiger partial charge is 0.340 e. The van der Waals surface area contributed by atoms with Crippen molar-refractivity contribution >= 4 is 5.91 Å². The lowest BCUT2D eigenvalue weighted by atomic mass is 9.85. The van der Waals surface area contributed by atoms with Gasteiger partial charge in [0, 0.05) is 25.2 Å². The summed E-state index contributed by atoms with van der Waals surface area (Å²) < 4.78 is 0. The third-order valence-corrected chi connectivity index (χ3v) is 5.60. The van der Waals surface area contributed by atoms with E-state index in [9.17, 15) is 4.79 Å². The maximum absolute atomic E-state index is 12.8. The van der Waals surface area contributed by atoms with Crippen LogP contribution in [0.4, 0.5) is 0 Å². The van der Waals surface area contributed by atoms with Gasteiger partial charge in [0.05, 0.1) is 6.04 Å². The zero-order valence-electron chi connectivity index (χ0n) is 13.0. The second-order valence-corrected chi connectivity index (χ2v) is 7.15. The third kappa shape index (κ3) is 2.86. The number of rotatable bonds is 2. The average molecular weight is 279 g/mol. The number of amides is 1. The highest BCUT2D eigenvalue weighted by atomic mass is 16.2. The standard InChI is InChI=1S/C16H29N3O/c1-18(2)13-7-5-9-19(11-13)16(20)15-10-12-6-3-4-8-14(12)17-15/h12-15,17H,3-11H2,1-2H3. The van der Waals surface area contributed by atoms with Crippen molar-refractivity contribution in [2.24, 2.45) is 5.92 Å². The molecule has 1 N–H and O–H groups in total. The number of likely N-dealkylation sites (tertiary alicyclic amines) is 1. The van der Waals surface area contributed by atoms with Crippen molar-refractivity contribution in [3.63, 3.8) is 0 Å². The number of fused-ring (bicyclic) bond motifs is 1. The Morgan fingerprint density at radius 1 is 1.15 bits per heavy atom. The van der Waals surface area contributed by atoms with Crippen molar-refractivity contribution in [1.29, 1.82) is 0 Å². The molecule has 3 fully saturated rings. The van der Waals surface area contributed by atoms with Crippen LogP contribution in [0.2, 0.25) is 0 Å². The van der Waals surface area contributed by atoms with E-state index in [4.69, 9.17) is 0 Å². The number of nitrogens with one attached hydrogen (secondary N) is 1. The molecule has 1 saturated carbocycles. The summed E-state index contributed by atoms with van der Waals surface area (Å²) in [7, 11) is 4.25. The summed E-state index contributed by atoms with van der Waals surface area (Å²) in [6.07, 6.45) is 8.73. The smallest absolute Gasteiger partial charge is 0.239 e. The number of nitrogens with zero attached hydrogens (tertiary/aromatic N) is 2. The van der Waals surface area contributed by atoms with Crippen molar-refractivity contribution in [1.82, 2.24) is 15.1 Å². The number of carbonyl (C=O) groups is 1. The molecule has 3 rings (SSSR count). The number of likely N-dealkylation sites (N-methyl/N-ethyl adjacent to an activating group) is 1. The summed E-state index contributed by atoms with van der Waals surface area (Å²) in [5.41, 5.74) is 0. The third-order valence-electron chi connectivity index (χ3n) is 5.60. The lowest BCUT2D eigenvalue weighted by Gasteiger charge is -2.37. The maximum atomic E-state index is 12.8. The van der Waals surface area contributed by atoms with E-state index in [1.165, 1.54) is 32.1 Å². The summed E-state index contributed by atoms with van der Waals surface area (Å²) >= 11 is 0. The normalized spacial score (nSPS) is 38.0. The van der Waals surface area contributed by atoms with Crippen LogP contribution in [0.1, 0.15) is 44.9 Å². The van der Waals surface area contributed by atoms with Crippen LogP contribution in [0, 0.1) is 5.92 Å². The molecule has 0 aromatic carbocycles. The summed E-state index contributed by atoms with van der Waals surface area (Å²) in [6, 6.07) is 1.26. The van der Waals surface area contributed by atoms with Gasteiger partial charge < -0.3 is 15.1 Å². The van der Waals surface area contributed by atoms with Crippen molar-refractivity contribution in [2.75, 3.05) is 27.2 Å². The first kappa shape index (κ1) is 14.3. The highest BCUT2D eigenvalue weighted by Gasteiger charge is 2.40. The molecular formula is C16H29N3O. The summed E-state index contributed by atoms with van der Waals surface area (Å²) in [5, 5.41) is 3.63. The van der Waals surface area contributed by atoms with Crippen LogP contribution >= 0.6 is 0 Å². The summed E-state index contributed by atoms with van der Waals surface area (Å²) in [5.74, 6) is 1.12. The van der Waals surface area contributed by atoms with E-state index in [2.05, 4.69) is 29.2 Å². The summed E-state index contributed by atoms with van der Waals surface area (Å²) in [4.78, 5) is 17.1. The second-order valence-electron chi connectivity index (χ2n) is 7.15. The number of hydrogen-bond acceptors (Lipinski definition) is 3. The molecule has 2 heterocycles. The molecule has 0 bridgehead atoms. The Balaban J connectivity index is 1.58. The molecule has 1 aliphatic carbocycles. The Kier molecular flexibility index (Phi) is 4.32. The molecular weight excluding hydrogens is 250 g/mol. The number of hydrogen-bond donors (Lipinski definition) is 1. The molecule has 2 aliphatic heterocycles. The van der Waals surface area contributed by atoms with Crippen LogP contribution in [-0.4, -0.2) is 61.0 Å². The number of carbonyl (C=O) groups excluding carboxylic acids is 1. The Labute approximate surface area is 122 Å². The van der Waals surface area contributed by atoms with Crippen LogP contribution in [0.15, 0.2) is 0 Å². The SMILES string of the molecule is CN(C)C1CCCN(C(=O)C2CC3CCCCC3N2)C1. The highest BCUT2D eigenvalue weighted by Crippen LogP contribution is 2.34. The lowest BCUT2D eigenvalue weighted by Crippen LogP contribution is -2.52. The monoisotopic (exact) mass is 279 g/mol. The van der Waals surface area contributed by atoms with Gasteiger partial charge in [-0.25, -0.2) is 0 Å². The van der Waals surface area contributed by atoms with E-state index in [0.717, 1.165) is 31.8 Å². The Morgan fingerprint density at radius 3 is 2.70 bits per heavy atom. The second kappa shape index (κ2) is 6.02. The molecule has 0 aromatic heterocycles.